The molecule has 1 heterocycles. The van der Waals surface area contributed by atoms with Gasteiger partial charge >= 0.3 is 6.18 Å². The van der Waals surface area contributed by atoms with Gasteiger partial charge in [-0.1, -0.05) is 48.5 Å². The van der Waals surface area contributed by atoms with Gasteiger partial charge in [-0.3, -0.25) is 14.5 Å². The molecule has 0 bridgehead atoms. The number of alkyl halides is 3. The molecule has 0 aliphatic carbocycles. The van der Waals surface area contributed by atoms with Gasteiger partial charge in [-0.25, -0.2) is 0 Å². The minimum Gasteiger partial charge on any atom is -0.322 e. The van der Waals surface area contributed by atoms with Gasteiger partial charge in [0.05, 0.1) is 11.3 Å². The van der Waals surface area contributed by atoms with Crippen molar-refractivity contribution in [1.29, 1.82) is 0 Å². The number of benzene rings is 4. The fraction of sp³-hybridized carbons (Fsp3) is 0.111. The molecule has 176 valence electrons. The molecule has 0 radical (unpaired) electrons. The molecule has 1 aliphatic rings. The zero-order chi connectivity index (χ0) is 24.6. The third-order valence-corrected chi connectivity index (χ3v) is 7.02. The van der Waals surface area contributed by atoms with Crippen molar-refractivity contribution in [3.05, 3.63) is 108 Å². The number of carbonyl (C=O) groups excluding carboxylic acids is 2. The fourth-order valence-electron chi connectivity index (χ4n) is 4.15. The first-order valence-electron chi connectivity index (χ1n) is 10.8. The van der Waals surface area contributed by atoms with Crippen LogP contribution in [-0.2, 0) is 11.0 Å². The van der Waals surface area contributed by atoms with Crippen LogP contribution in [0.3, 0.4) is 0 Å². The van der Waals surface area contributed by atoms with Gasteiger partial charge in [0, 0.05) is 16.9 Å². The first-order valence-corrected chi connectivity index (χ1v) is 11.9. The quantitative estimate of drug-likeness (QED) is 0.338. The molecule has 4 aromatic carbocycles. The number of nitrogens with zero attached hydrogens (tertiary/aromatic N) is 1. The molecular weight excluding hydrogens is 473 g/mol. The summed E-state index contributed by atoms with van der Waals surface area (Å²) in [7, 11) is 0. The molecule has 0 aromatic heterocycles. The maximum Gasteiger partial charge on any atom is 0.416 e. The number of nitrogens with one attached hydrogen (secondary N) is 1. The van der Waals surface area contributed by atoms with Gasteiger partial charge in [0.1, 0.15) is 5.37 Å². The maximum atomic E-state index is 13.0. The number of thioether (sulfide) groups is 1. The minimum atomic E-state index is -4.45. The lowest BCUT2D eigenvalue weighted by Crippen LogP contribution is -2.28. The predicted molar refractivity (Wildman–Crippen MR) is 132 cm³/mol. The van der Waals surface area contributed by atoms with Crippen LogP contribution in [0.5, 0.6) is 0 Å². The molecule has 0 spiro atoms. The van der Waals surface area contributed by atoms with Gasteiger partial charge in [-0.15, -0.1) is 11.8 Å². The summed E-state index contributed by atoms with van der Waals surface area (Å²) >= 11 is 1.38. The van der Waals surface area contributed by atoms with Gasteiger partial charge in [-0.05, 0) is 58.8 Å². The molecular formula is C27H19F3N2O2S. The topological polar surface area (TPSA) is 49.4 Å². The lowest BCUT2D eigenvalue weighted by atomic mass is 10.0. The molecule has 1 atom stereocenters. The van der Waals surface area contributed by atoms with E-state index in [9.17, 15) is 22.8 Å². The summed E-state index contributed by atoms with van der Waals surface area (Å²) in [6, 6.07) is 24.9. The van der Waals surface area contributed by atoms with Crippen molar-refractivity contribution in [3.63, 3.8) is 0 Å². The van der Waals surface area contributed by atoms with Crippen LogP contribution in [0, 0.1) is 0 Å². The fourth-order valence-corrected chi connectivity index (χ4v) is 5.32. The summed E-state index contributed by atoms with van der Waals surface area (Å²) in [6.45, 7) is 0. The van der Waals surface area contributed by atoms with E-state index in [4.69, 9.17) is 0 Å². The molecule has 1 unspecified atom stereocenters. The van der Waals surface area contributed by atoms with Crippen molar-refractivity contribution < 1.29 is 22.8 Å². The third-order valence-electron chi connectivity index (χ3n) is 5.80. The molecule has 4 nitrogen and oxygen atoms in total. The molecule has 5 rings (SSSR count). The highest BCUT2D eigenvalue weighted by Gasteiger charge is 2.35. The summed E-state index contributed by atoms with van der Waals surface area (Å²) in [5, 5.41) is 4.31. The number of hydrogen-bond acceptors (Lipinski definition) is 3. The Morgan fingerprint density at radius 3 is 2.40 bits per heavy atom. The molecule has 1 N–H and O–H groups in total. The van der Waals surface area contributed by atoms with E-state index in [-0.39, 0.29) is 17.6 Å². The van der Waals surface area contributed by atoms with E-state index in [1.54, 1.807) is 24.3 Å². The van der Waals surface area contributed by atoms with Gasteiger partial charge in [-0.2, -0.15) is 13.2 Å². The van der Waals surface area contributed by atoms with Crippen molar-refractivity contribution in [1.82, 2.24) is 0 Å². The van der Waals surface area contributed by atoms with Gasteiger partial charge < -0.3 is 5.32 Å². The lowest BCUT2D eigenvalue weighted by molar-refractivity contribution is -0.137. The largest absolute Gasteiger partial charge is 0.416 e. The Balaban J connectivity index is 1.40. The van der Waals surface area contributed by atoms with Crippen LogP contribution in [0.1, 0.15) is 26.9 Å². The van der Waals surface area contributed by atoms with Crippen LogP contribution >= 0.6 is 11.8 Å². The van der Waals surface area contributed by atoms with E-state index in [0.29, 0.717) is 16.9 Å². The van der Waals surface area contributed by atoms with Crippen LogP contribution in [-0.4, -0.2) is 17.6 Å². The SMILES string of the molecule is O=C(Nc1cccc(C2SCC(=O)N2c2ccc(C(F)(F)F)cc2)c1)c1cccc2ccccc12. The summed E-state index contributed by atoms with van der Waals surface area (Å²) in [5.41, 5.74) is 1.49. The Morgan fingerprint density at radius 2 is 1.63 bits per heavy atom. The maximum absolute atomic E-state index is 13.0. The molecule has 35 heavy (non-hydrogen) atoms. The van der Waals surface area contributed by atoms with Crippen LogP contribution in [0.2, 0.25) is 0 Å². The van der Waals surface area contributed by atoms with E-state index in [2.05, 4.69) is 5.32 Å². The van der Waals surface area contributed by atoms with Crippen LogP contribution in [0.15, 0.2) is 91.0 Å². The second-order valence-electron chi connectivity index (χ2n) is 8.08. The predicted octanol–water partition coefficient (Wildman–Crippen LogP) is 6.89. The van der Waals surface area contributed by atoms with Crippen LogP contribution in [0.25, 0.3) is 10.8 Å². The number of hydrogen-bond donors (Lipinski definition) is 1. The summed E-state index contributed by atoms with van der Waals surface area (Å²) in [4.78, 5) is 27.2. The standard InChI is InChI=1S/C27H19F3N2O2S/c28-27(29,30)19-11-13-21(14-12-19)32-24(33)16-35-26(32)18-7-3-8-20(15-18)31-25(34)23-10-4-6-17-5-1-2-9-22(17)23/h1-15,26H,16H2,(H,31,34). The summed E-state index contributed by atoms with van der Waals surface area (Å²) in [5.74, 6) is -0.239. The first-order chi connectivity index (χ1) is 16.8. The number of anilines is 2. The number of amides is 2. The zero-order valence-corrected chi connectivity index (χ0v) is 19.1. The Kier molecular flexibility index (Phi) is 5.98. The number of carbonyl (C=O) groups is 2. The molecule has 1 aliphatic heterocycles. The zero-order valence-electron chi connectivity index (χ0n) is 18.3. The van der Waals surface area contributed by atoms with Gasteiger partial charge in [0.25, 0.3) is 5.91 Å². The van der Waals surface area contributed by atoms with Crippen molar-refractivity contribution in [2.45, 2.75) is 11.6 Å². The highest BCUT2D eigenvalue weighted by molar-refractivity contribution is 8.00. The van der Waals surface area contributed by atoms with Crippen LogP contribution in [0.4, 0.5) is 24.5 Å². The smallest absolute Gasteiger partial charge is 0.322 e. The average molecular weight is 493 g/mol. The monoisotopic (exact) mass is 492 g/mol. The normalized spacial score (nSPS) is 16.0. The second-order valence-corrected chi connectivity index (χ2v) is 9.15. The van der Waals surface area contributed by atoms with E-state index in [1.165, 1.54) is 28.8 Å². The Labute approximate surface area is 203 Å². The van der Waals surface area contributed by atoms with E-state index in [0.717, 1.165) is 28.5 Å². The first kappa shape index (κ1) is 23.0. The van der Waals surface area contributed by atoms with Crippen molar-refractivity contribution >= 4 is 45.7 Å². The Morgan fingerprint density at radius 1 is 0.914 bits per heavy atom. The van der Waals surface area contributed by atoms with Crippen molar-refractivity contribution in [3.8, 4) is 0 Å². The molecule has 4 aromatic rings. The Bertz CT molecular complexity index is 1410. The molecule has 1 saturated heterocycles. The second kappa shape index (κ2) is 9.11. The van der Waals surface area contributed by atoms with E-state index in [1.807, 2.05) is 42.5 Å². The molecule has 1 fully saturated rings. The summed E-state index contributed by atoms with van der Waals surface area (Å²) < 4.78 is 38.9. The lowest BCUT2D eigenvalue weighted by Gasteiger charge is -2.25. The molecule has 0 saturated carbocycles. The minimum absolute atomic E-state index is 0.190. The van der Waals surface area contributed by atoms with Crippen molar-refractivity contribution in [2.75, 3.05) is 16.0 Å². The van der Waals surface area contributed by atoms with E-state index < -0.39 is 17.1 Å². The van der Waals surface area contributed by atoms with E-state index >= 15 is 0 Å². The highest BCUT2D eigenvalue weighted by atomic mass is 32.2. The molecule has 8 heteroatoms. The van der Waals surface area contributed by atoms with Gasteiger partial charge in [0.15, 0.2) is 0 Å². The number of rotatable bonds is 4. The Hall–Kier alpha value is -3.78. The van der Waals surface area contributed by atoms with Crippen molar-refractivity contribution in [2.24, 2.45) is 0 Å². The van der Waals surface area contributed by atoms with Gasteiger partial charge in [0.2, 0.25) is 5.91 Å². The summed E-state index contributed by atoms with van der Waals surface area (Å²) in [6.07, 6.45) is -4.45. The molecule has 2 amide bonds. The van der Waals surface area contributed by atoms with Crippen LogP contribution < -0.4 is 10.2 Å². The number of halogens is 3. The average Bonchev–Trinajstić information content (AvgIpc) is 3.24. The highest BCUT2D eigenvalue weighted by Crippen LogP contribution is 2.43. The number of fused-ring (bicyclic) bond motifs is 1. The third kappa shape index (κ3) is 4.61.